The highest BCUT2D eigenvalue weighted by molar-refractivity contribution is 5.96. The Kier molecular flexibility index (Phi) is 8.13. The van der Waals surface area contributed by atoms with E-state index in [1.165, 1.54) is 0 Å². The number of aryl methyl sites for hydroxylation is 1. The van der Waals surface area contributed by atoms with Gasteiger partial charge in [-0.15, -0.1) is 0 Å². The number of nitrogens with two attached hydrogens (primary N) is 1. The van der Waals surface area contributed by atoms with E-state index in [0.717, 1.165) is 33.4 Å². The number of benzene rings is 2. The zero-order valence-corrected chi connectivity index (χ0v) is 26.2. The molecule has 1 aromatic heterocycles. The fourth-order valence-electron chi connectivity index (χ4n) is 7.33. The van der Waals surface area contributed by atoms with Crippen LogP contribution < -0.4 is 16.4 Å². The Bertz CT molecular complexity index is 1650. The molecular formula is C35H42N6O4. The van der Waals surface area contributed by atoms with Crippen LogP contribution in [0.5, 0.6) is 0 Å². The summed E-state index contributed by atoms with van der Waals surface area (Å²) in [5.74, 6) is 0.332. The van der Waals surface area contributed by atoms with Gasteiger partial charge in [-0.25, -0.2) is 4.98 Å². The summed E-state index contributed by atoms with van der Waals surface area (Å²) in [5, 5.41) is 17.3. The lowest BCUT2D eigenvalue weighted by atomic mass is 9.78. The second-order valence-corrected chi connectivity index (χ2v) is 13.1. The third-order valence-corrected chi connectivity index (χ3v) is 10.1. The van der Waals surface area contributed by atoms with Gasteiger partial charge in [0.1, 0.15) is 18.6 Å². The number of anilines is 2. The van der Waals surface area contributed by atoms with Crippen molar-refractivity contribution in [1.82, 2.24) is 14.8 Å². The van der Waals surface area contributed by atoms with E-state index in [0.29, 0.717) is 56.8 Å². The number of hydrogen-bond acceptors (Lipinski definition) is 7. The number of aliphatic hydroxyl groups is 1. The van der Waals surface area contributed by atoms with Gasteiger partial charge < -0.3 is 31.3 Å². The van der Waals surface area contributed by atoms with Crippen molar-refractivity contribution in [2.45, 2.75) is 71.2 Å². The first-order valence-corrected chi connectivity index (χ1v) is 15.7. The van der Waals surface area contributed by atoms with Gasteiger partial charge in [0.15, 0.2) is 0 Å². The average molecular weight is 611 g/mol. The monoisotopic (exact) mass is 610 g/mol. The average Bonchev–Trinajstić information content (AvgIpc) is 3.52. The Hall–Kier alpha value is -4.28. The molecule has 6 rings (SSSR count). The molecule has 45 heavy (non-hydrogen) atoms. The van der Waals surface area contributed by atoms with Crippen LogP contribution in [0.2, 0.25) is 0 Å². The zero-order valence-electron chi connectivity index (χ0n) is 26.2. The lowest BCUT2D eigenvalue weighted by molar-refractivity contribution is -0.148. The largest absolute Gasteiger partial charge is 0.373 e. The molecule has 1 aliphatic carbocycles. The summed E-state index contributed by atoms with van der Waals surface area (Å²) < 4.78 is 0. The molecule has 3 amide bonds. The molecule has 1 fully saturated rings. The third-order valence-electron chi connectivity index (χ3n) is 10.1. The molecule has 0 radical (unpaired) electrons. The van der Waals surface area contributed by atoms with Gasteiger partial charge in [-0.1, -0.05) is 43.3 Å². The van der Waals surface area contributed by atoms with Crippen LogP contribution in [0.3, 0.4) is 0 Å². The van der Waals surface area contributed by atoms with Crippen LogP contribution >= 0.6 is 0 Å². The lowest BCUT2D eigenvalue weighted by Crippen LogP contribution is -2.51. The fraction of sp³-hybridized carbons (Fsp3) is 0.429. The van der Waals surface area contributed by atoms with Crippen molar-refractivity contribution in [1.29, 1.82) is 0 Å². The van der Waals surface area contributed by atoms with Crippen molar-refractivity contribution < 1.29 is 19.5 Å². The first kappa shape index (κ1) is 30.7. The normalized spacial score (nSPS) is 21.2. The number of carbonyl (C=O) groups excluding carboxylic acids is 3. The van der Waals surface area contributed by atoms with Crippen LogP contribution in [0.1, 0.15) is 60.1 Å². The summed E-state index contributed by atoms with van der Waals surface area (Å²) in [6.45, 7) is 6.94. The number of aliphatic hydroxyl groups excluding tert-OH is 1. The van der Waals surface area contributed by atoms with Crippen LogP contribution in [-0.4, -0.2) is 63.5 Å². The Morgan fingerprint density at radius 1 is 1.09 bits per heavy atom. The number of pyridine rings is 1. The molecule has 2 aromatic carbocycles. The quantitative estimate of drug-likeness (QED) is 0.322. The Morgan fingerprint density at radius 3 is 2.47 bits per heavy atom. The number of amides is 3. The second kappa shape index (κ2) is 11.9. The zero-order chi connectivity index (χ0) is 31.9. The SMILES string of the molecule is CC(=O)N1CCC(C)(C(=O)N(CC(=O)Nc2cc3c(cc2C)CC2(C3)c3cccnc3NC2O)Cc2ccccc2CN)CC1. The fourth-order valence-corrected chi connectivity index (χ4v) is 7.33. The van der Waals surface area contributed by atoms with Gasteiger partial charge in [-0.05, 0) is 72.6 Å². The van der Waals surface area contributed by atoms with E-state index in [-0.39, 0.29) is 30.8 Å². The highest BCUT2D eigenvalue weighted by Crippen LogP contribution is 2.49. The van der Waals surface area contributed by atoms with Crippen molar-refractivity contribution in [3.8, 4) is 0 Å². The number of nitrogens with zero attached hydrogens (tertiary/aromatic N) is 3. The maximum absolute atomic E-state index is 14.2. The number of piperidine rings is 1. The van der Waals surface area contributed by atoms with E-state index in [9.17, 15) is 19.5 Å². The number of hydrogen-bond donors (Lipinski definition) is 4. The van der Waals surface area contributed by atoms with Crippen LogP contribution in [0.15, 0.2) is 54.7 Å². The van der Waals surface area contributed by atoms with Crippen molar-refractivity contribution in [2.24, 2.45) is 11.1 Å². The maximum atomic E-state index is 14.2. The molecule has 0 saturated carbocycles. The minimum Gasteiger partial charge on any atom is -0.373 e. The summed E-state index contributed by atoms with van der Waals surface area (Å²) in [5.41, 5.74) is 11.5. The van der Waals surface area contributed by atoms with Gasteiger partial charge >= 0.3 is 0 Å². The first-order chi connectivity index (χ1) is 21.5. The van der Waals surface area contributed by atoms with Crippen LogP contribution in [0, 0.1) is 12.3 Å². The minimum atomic E-state index is -0.757. The number of nitrogens with one attached hydrogen (secondary N) is 2. The predicted octanol–water partition coefficient (Wildman–Crippen LogP) is 3.25. The summed E-state index contributed by atoms with van der Waals surface area (Å²) >= 11 is 0. The van der Waals surface area contributed by atoms with Crippen LogP contribution in [0.4, 0.5) is 11.5 Å². The molecule has 1 spiro atoms. The van der Waals surface area contributed by atoms with Crippen molar-refractivity contribution in [3.63, 3.8) is 0 Å². The number of likely N-dealkylation sites (tertiary alicyclic amines) is 1. The number of rotatable bonds is 7. The second-order valence-electron chi connectivity index (χ2n) is 13.1. The summed E-state index contributed by atoms with van der Waals surface area (Å²) in [4.78, 5) is 47.6. The topological polar surface area (TPSA) is 141 Å². The Morgan fingerprint density at radius 2 is 1.78 bits per heavy atom. The highest BCUT2D eigenvalue weighted by atomic mass is 16.3. The predicted molar refractivity (Wildman–Crippen MR) is 172 cm³/mol. The van der Waals surface area contributed by atoms with E-state index in [4.69, 9.17) is 5.73 Å². The number of carbonyl (C=O) groups is 3. The van der Waals surface area contributed by atoms with Crippen molar-refractivity contribution in [2.75, 3.05) is 30.3 Å². The molecule has 236 valence electrons. The molecule has 3 aromatic rings. The van der Waals surface area contributed by atoms with E-state index in [1.807, 2.05) is 56.3 Å². The van der Waals surface area contributed by atoms with Crippen LogP contribution in [0.25, 0.3) is 0 Å². The van der Waals surface area contributed by atoms with Crippen molar-refractivity contribution in [3.05, 3.63) is 88.1 Å². The Labute approximate surface area is 264 Å². The highest BCUT2D eigenvalue weighted by Gasteiger charge is 2.50. The Balaban J connectivity index is 1.22. The standard InChI is InChI=1S/C35H42N6O4/c1-22-15-26-17-35(28-9-6-12-37-31(28)39-32(35)44)18-27(26)16-29(22)38-30(43)21-41(20-25-8-5-4-7-24(25)19-36)33(45)34(3)10-13-40(14-11-34)23(2)42/h4-9,12,15-16,32,44H,10-11,13-14,17-21,36H2,1-3H3,(H,37,39)(H,38,43). The molecule has 2 unspecified atom stereocenters. The molecule has 0 bridgehead atoms. The molecule has 2 aliphatic heterocycles. The van der Waals surface area contributed by atoms with Gasteiger partial charge in [0.05, 0.1) is 5.41 Å². The van der Waals surface area contributed by atoms with Gasteiger partial charge in [0.25, 0.3) is 0 Å². The third kappa shape index (κ3) is 5.68. The minimum absolute atomic E-state index is 0.00724. The molecular weight excluding hydrogens is 568 g/mol. The molecule has 2 atom stereocenters. The van der Waals surface area contributed by atoms with Gasteiger partial charge in [0, 0.05) is 56.0 Å². The molecule has 3 aliphatic rings. The maximum Gasteiger partial charge on any atom is 0.244 e. The van der Waals surface area contributed by atoms with E-state index in [2.05, 4.69) is 21.7 Å². The van der Waals surface area contributed by atoms with E-state index < -0.39 is 17.1 Å². The molecule has 10 nitrogen and oxygen atoms in total. The summed E-state index contributed by atoms with van der Waals surface area (Å²) in [6, 6.07) is 15.7. The first-order valence-electron chi connectivity index (χ1n) is 15.7. The van der Waals surface area contributed by atoms with E-state index in [1.54, 1.807) is 22.9 Å². The number of fused-ring (bicyclic) bond motifs is 3. The van der Waals surface area contributed by atoms with Crippen molar-refractivity contribution >= 4 is 29.2 Å². The van der Waals surface area contributed by atoms with E-state index >= 15 is 0 Å². The van der Waals surface area contributed by atoms with Gasteiger partial charge in [-0.3, -0.25) is 14.4 Å². The molecule has 1 saturated heterocycles. The smallest absolute Gasteiger partial charge is 0.244 e. The lowest BCUT2D eigenvalue weighted by Gasteiger charge is -2.40. The molecule has 10 heteroatoms. The van der Waals surface area contributed by atoms with Gasteiger partial charge in [0.2, 0.25) is 17.7 Å². The summed E-state index contributed by atoms with van der Waals surface area (Å²) in [6.07, 6.45) is 3.32. The van der Waals surface area contributed by atoms with Crippen LogP contribution in [-0.2, 0) is 45.7 Å². The molecule has 3 heterocycles. The summed E-state index contributed by atoms with van der Waals surface area (Å²) in [7, 11) is 0. The molecule has 5 N–H and O–H groups in total. The number of aromatic nitrogens is 1. The van der Waals surface area contributed by atoms with Gasteiger partial charge in [-0.2, -0.15) is 0 Å².